The normalized spacial score (nSPS) is 11.4. The van der Waals surface area contributed by atoms with E-state index >= 15 is 0 Å². The second kappa shape index (κ2) is 10.3. The molecule has 2 rings (SSSR count). The highest BCUT2D eigenvalue weighted by Gasteiger charge is 2.30. The Morgan fingerprint density at radius 3 is 2.69 bits per heavy atom. The fourth-order valence-corrected chi connectivity index (χ4v) is 2.87. The number of pyridine rings is 1. The third kappa shape index (κ3) is 6.76. The zero-order valence-corrected chi connectivity index (χ0v) is 17.6. The van der Waals surface area contributed by atoms with Crippen LogP contribution in [0, 0.1) is 3.57 Å². The van der Waals surface area contributed by atoms with Gasteiger partial charge in [-0.15, -0.1) is 0 Å². The smallest absolute Gasteiger partial charge is 0.417 e. The lowest BCUT2D eigenvalue weighted by Gasteiger charge is -2.13. The van der Waals surface area contributed by atoms with Gasteiger partial charge in [-0.2, -0.15) is 18.3 Å². The first kappa shape index (κ1) is 22.7. The van der Waals surface area contributed by atoms with E-state index in [0.29, 0.717) is 20.6 Å². The maximum Gasteiger partial charge on any atom is 0.417 e. The number of carbonyl (C=O) groups excluding carboxylic acids is 1. The number of hydrogen-bond acceptors (Lipinski definition) is 7. The van der Waals surface area contributed by atoms with Gasteiger partial charge >= 0.3 is 12.1 Å². The molecule has 0 amide bonds. The van der Waals surface area contributed by atoms with Crippen molar-refractivity contribution >= 4 is 40.6 Å². The third-order valence-electron chi connectivity index (χ3n) is 3.37. The number of rotatable bonds is 8. The largest absolute Gasteiger partial charge is 0.493 e. The standard InChI is InChI=1S/C18H17F3IN3O4/c1-3-28-16(26)10-29-17-13(22)6-11(7-14(17)27-2)8-24-25-15-5-4-12(9-23-15)18(19,20)21/h4-9H,3,10H2,1-2H3,(H,23,25)/b24-8-. The van der Waals surface area contributed by atoms with Gasteiger partial charge in [0.25, 0.3) is 0 Å². The summed E-state index contributed by atoms with van der Waals surface area (Å²) in [4.78, 5) is 15.1. The maximum atomic E-state index is 12.5. The molecule has 0 aliphatic carbocycles. The molecule has 1 heterocycles. The summed E-state index contributed by atoms with van der Waals surface area (Å²) in [5, 5.41) is 3.96. The Morgan fingerprint density at radius 2 is 2.10 bits per heavy atom. The van der Waals surface area contributed by atoms with Crippen molar-refractivity contribution in [2.45, 2.75) is 13.1 Å². The molecule has 0 bridgehead atoms. The van der Waals surface area contributed by atoms with E-state index in [1.54, 1.807) is 19.1 Å². The quantitative estimate of drug-likeness (QED) is 0.243. The van der Waals surface area contributed by atoms with Gasteiger partial charge in [0.2, 0.25) is 0 Å². The van der Waals surface area contributed by atoms with Gasteiger partial charge in [0.1, 0.15) is 5.82 Å². The minimum atomic E-state index is -4.45. The lowest BCUT2D eigenvalue weighted by molar-refractivity contribution is -0.145. The number of aromatic nitrogens is 1. The summed E-state index contributed by atoms with van der Waals surface area (Å²) in [5.41, 5.74) is 2.34. The van der Waals surface area contributed by atoms with Crippen molar-refractivity contribution in [3.63, 3.8) is 0 Å². The van der Waals surface area contributed by atoms with Gasteiger partial charge in [0.05, 0.1) is 29.1 Å². The van der Waals surface area contributed by atoms with Crippen molar-refractivity contribution in [3.8, 4) is 11.5 Å². The number of carbonyl (C=O) groups is 1. The molecule has 1 aromatic heterocycles. The second-order valence-corrected chi connectivity index (χ2v) is 6.59. The lowest BCUT2D eigenvalue weighted by Crippen LogP contribution is -2.15. The minimum Gasteiger partial charge on any atom is -0.493 e. The molecule has 1 aromatic carbocycles. The molecule has 0 aliphatic heterocycles. The molecule has 0 saturated heterocycles. The molecule has 0 aliphatic rings. The monoisotopic (exact) mass is 523 g/mol. The van der Waals surface area contributed by atoms with Crippen LogP contribution in [0.3, 0.4) is 0 Å². The van der Waals surface area contributed by atoms with E-state index in [0.717, 1.165) is 12.3 Å². The number of anilines is 1. The number of nitrogens with one attached hydrogen (secondary N) is 1. The number of ether oxygens (including phenoxy) is 3. The van der Waals surface area contributed by atoms with Crippen molar-refractivity contribution in [2.75, 3.05) is 25.7 Å². The van der Waals surface area contributed by atoms with Crippen molar-refractivity contribution in [3.05, 3.63) is 45.2 Å². The van der Waals surface area contributed by atoms with Crippen LogP contribution in [0.15, 0.2) is 35.6 Å². The highest BCUT2D eigenvalue weighted by Crippen LogP contribution is 2.33. The molecule has 0 atom stereocenters. The number of benzene rings is 1. The molecule has 0 spiro atoms. The zero-order chi connectivity index (χ0) is 21.4. The second-order valence-electron chi connectivity index (χ2n) is 5.43. The van der Waals surface area contributed by atoms with Crippen molar-refractivity contribution in [2.24, 2.45) is 5.10 Å². The number of hydrazone groups is 1. The van der Waals surface area contributed by atoms with E-state index in [-0.39, 0.29) is 19.0 Å². The molecule has 29 heavy (non-hydrogen) atoms. The maximum absolute atomic E-state index is 12.5. The average Bonchev–Trinajstić information content (AvgIpc) is 2.66. The Bertz CT molecular complexity index is 874. The summed E-state index contributed by atoms with van der Waals surface area (Å²) >= 11 is 2.02. The molecule has 11 heteroatoms. The fraction of sp³-hybridized carbons (Fsp3) is 0.278. The zero-order valence-electron chi connectivity index (χ0n) is 15.4. The molecular weight excluding hydrogens is 506 g/mol. The summed E-state index contributed by atoms with van der Waals surface area (Å²) < 4.78 is 53.8. The first-order valence-electron chi connectivity index (χ1n) is 8.23. The molecular formula is C18H17F3IN3O4. The van der Waals surface area contributed by atoms with E-state index in [4.69, 9.17) is 14.2 Å². The van der Waals surface area contributed by atoms with Crippen LogP contribution in [0.4, 0.5) is 19.0 Å². The summed E-state index contributed by atoms with van der Waals surface area (Å²) in [7, 11) is 1.45. The SMILES string of the molecule is CCOC(=O)COc1c(I)cc(/C=N\Nc2ccc(C(F)(F)F)cn2)cc1OC. The van der Waals surface area contributed by atoms with Gasteiger partial charge in [-0.1, -0.05) is 0 Å². The number of nitrogens with zero attached hydrogens (tertiary/aromatic N) is 2. The fourth-order valence-electron chi connectivity index (χ4n) is 2.09. The van der Waals surface area contributed by atoms with E-state index < -0.39 is 17.7 Å². The van der Waals surface area contributed by atoms with Crippen LogP contribution in [-0.4, -0.2) is 37.5 Å². The van der Waals surface area contributed by atoms with Gasteiger partial charge in [0, 0.05) is 6.20 Å². The van der Waals surface area contributed by atoms with Gasteiger partial charge in [-0.3, -0.25) is 5.43 Å². The number of esters is 1. The summed E-state index contributed by atoms with van der Waals surface area (Å²) in [6.45, 7) is 1.70. The predicted molar refractivity (Wildman–Crippen MR) is 108 cm³/mol. The van der Waals surface area contributed by atoms with Crippen LogP contribution in [0.1, 0.15) is 18.1 Å². The molecule has 7 nitrogen and oxygen atoms in total. The topological polar surface area (TPSA) is 82.0 Å². The highest BCUT2D eigenvalue weighted by atomic mass is 127. The predicted octanol–water partition coefficient (Wildman–Crippen LogP) is 4.10. The van der Waals surface area contributed by atoms with Crippen LogP contribution in [0.2, 0.25) is 0 Å². The molecule has 0 radical (unpaired) electrons. The van der Waals surface area contributed by atoms with E-state index in [9.17, 15) is 18.0 Å². The molecule has 0 fully saturated rings. The van der Waals surface area contributed by atoms with Crippen LogP contribution < -0.4 is 14.9 Å². The van der Waals surface area contributed by atoms with Gasteiger partial charge in [0.15, 0.2) is 18.1 Å². The summed E-state index contributed by atoms with van der Waals surface area (Å²) in [6.07, 6.45) is -2.28. The van der Waals surface area contributed by atoms with Crippen LogP contribution >= 0.6 is 22.6 Å². The van der Waals surface area contributed by atoms with Crippen LogP contribution in [-0.2, 0) is 15.7 Å². The first-order valence-corrected chi connectivity index (χ1v) is 9.30. The lowest BCUT2D eigenvalue weighted by atomic mass is 10.2. The van der Waals surface area contributed by atoms with Crippen LogP contribution in [0.25, 0.3) is 0 Å². The van der Waals surface area contributed by atoms with Gasteiger partial charge in [-0.25, -0.2) is 9.78 Å². The minimum absolute atomic E-state index is 0.158. The Balaban J connectivity index is 2.07. The number of halogens is 4. The van der Waals surface area contributed by atoms with Crippen LogP contribution in [0.5, 0.6) is 11.5 Å². The number of methoxy groups -OCH3 is 1. The average molecular weight is 523 g/mol. The summed E-state index contributed by atoms with van der Waals surface area (Å²) in [5.74, 6) is 0.431. The third-order valence-corrected chi connectivity index (χ3v) is 4.18. The summed E-state index contributed by atoms with van der Waals surface area (Å²) in [6, 6.07) is 5.45. The van der Waals surface area contributed by atoms with E-state index in [1.807, 2.05) is 22.6 Å². The van der Waals surface area contributed by atoms with E-state index in [2.05, 4.69) is 15.5 Å². The molecule has 2 aromatic rings. The molecule has 156 valence electrons. The van der Waals surface area contributed by atoms with Crippen molar-refractivity contribution < 1.29 is 32.2 Å². The Kier molecular flexibility index (Phi) is 8.05. The van der Waals surface area contributed by atoms with Gasteiger partial charge < -0.3 is 14.2 Å². The molecule has 0 unspecified atom stereocenters. The van der Waals surface area contributed by atoms with Crippen molar-refractivity contribution in [1.29, 1.82) is 0 Å². The van der Waals surface area contributed by atoms with E-state index in [1.165, 1.54) is 19.4 Å². The Hall–Kier alpha value is -2.57. The van der Waals surface area contributed by atoms with Gasteiger partial charge in [-0.05, 0) is 59.3 Å². The Morgan fingerprint density at radius 1 is 1.34 bits per heavy atom. The molecule has 0 saturated carbocycles. The number of hydrogen-bond donors (Lipinski definition) is 1. The van der Waals surface area contributed by atoms with Crippen molar-refractivity contribution in [1.82, 2.24) is 4.98 Å². The molecule has 1 N–H and O–H groups in total. The highest BCUT2D eigenvalue weighted by molar-refractivity contribution is 14.1. The Labute approximate surface area is 178 Å². The number of alkyl halides is 3. The first-order chi connectivity index (χ1) is 13.7.